The zero-order valence-corrected chi connectivity index (χ0v) is 13.5. The minimum Gasteiger partial charge on any atom is -0.390 e. The van der Waals surface area contributed by atoms with E-state index in [1.165, 1.54) is 19.1 Å². The van der Waals surface area contributed by atoms with Crippen LogP contribution >= 0.6 is 0 Å². The van der Waals surface area contributed by atoms with Crippen molar-refractivity contribution >= 4 is 11.4 Å². The molecular formula is C17H20N2O5. The van der Waals surface area contributed by atoms with Gasteiger partial charge in [0.2, 0.25) is 0 Å². The van der Waals surface area contributed by atoms with Crippen LogP contribution in [0.1, 0.15) is 49.7 Å². The maximum Gasteiger partial charge on any atom is 0.279 e. The second-order valence-corrected chi connectivity index (χ2v) is 8.12. The van der Waals surface area contributed by atoms with Gasteiger partial charge in [-0.1, -0.05) is 0 Å². The molecule has 4 fully saturated rings. The van der Waals surface area contributed by atoms with Crippen LogP contribution in [0.15, 0.2) is 12.1 Å². The quantitative estimate of drug-likeness (QED) is 0.674. The molecule has 0 radical (unpaired) electrons. The molecular weight excluding hydrogens is 312 g/mol. The van der Waals surface area contributed by atoms with Gasteiger partial charge in [0.05, 0.1) is 15.4 Å². The minimum absolute atomic E-state index is 0.0946. The van der Waals surface area contributed by atoms with Gasteiger partial charge in [0.1, 0.15) is 5.56 Å². The SMILES string of the molecule is Cc1c([N+](=O)[O-])cc(C23C[C@@H]4C[C@@H](CC(O)(C4)C2)C3)cc1[N+](=O)[O-]. The predicted molar refractivity (Wildman–Crippen MR) is 85.8 cm³/mol. The normalized spacial score (nSPS) is 36.8. The Balaban J connectivity index is 1.87. The third-order valence-electron chi connectivity index (χ3n) is 6.39. The smallest absolute Gasteiger partial charge is 0.279 e. The number of aliphatic hydroxyl groups is 1. The third kappa shape index (κ3) is 2.14. The Bertz CT molecular complexity index is 710. The number of nitrogens with zero attached hydrogens (tertiary/aromatic N) is 2. The lowest BCUT2D eigenvalue weighted by Gasteiger charge is -2.60. The van der Waals surface area contributed by atoms with Gasteiger partial charge in [-0.25, -0.2) is 0 Å². The van der Waals surface area contributed by atoms with E-state index in [2.05, 4.69) is 0 Å². The second kappa shape index (κ2) is 4.75. The van der Waals surface area contributed by atoms with E-state index in [0.717, 1.165) is 32.1 Å². The monoisotopic (exact) mass is 332 g/mol. The Labute approximate surface area is 139 Å². The minimum atomic E-state index is -0.710. The van der Waals surface area contributed by atoms with Crippen LogP contribution in [0.4, 0.5) is 11.4 Å². The Hall–Kier alpha value is -2.02. The van der Waals surface area contributed by atoms with Crippen molar-refractivity contribution in [2.75, 3.05) is 0 Å². The molecule has 4 bridgehead atoms. The number of hydrogen-bond donors (Lipinski definition) is 1. The van der Waals surface area contributed by atoms with Crippen LogP contribution in [0.3, 0.4) is 0 Å². The van der Waals surface area contributed by atoms with Crippen molar-refractivity contribution in [2.24, 2.45) is 11.8 Å². The summed E-state index contributed by atoms with van der Waals surface area (Å²) < 4.78 is 0. The molecule has 0 amide bonds. The topological polar surface area (TPSA) is 107 Å². The highest BCUT2D eigenvalue weighted by Crippen LogP contribution is 2.62. The van der Waals surface area contributed by atoms with Gasteiger partial charge >= 0.3 is 0 Å². The number of nitro benzene ring substituents is 2. The molecule has 4 aliphatic carbocycles. The lowest BCUT2D eigenvalue weighted by molar-refractivity contribution is -0.395. The Kier molecular flexibility index (Phi) is 3.07. The molecule has 5 rings (SSSR count). The molecule has 7 heteroatoms. The molecule has 1 N–H and O–H groups in total. The molecule has 1 aromatic carbocycles. The van der Waals surface area contributed by atoms with Crippen LogP contribution < -0.4 is 0 Å². The van der Waals surface area contributed by atoms with Gasteiger partial charge in [-0.05, 0) is 68.3 Å². The largest absolute Gasteiger partial charge is 0.390 e. The van der Waals surface area contributed by atoms with E-state index in [-0.39, 0.29) is 22.4 Å². The first kappa shape index (κ1) is 15.5. The van der Waals surface area contributed by atoms with Crippen LogP contribution in [0.25, 0.3) is 0 Å². The Morgan fingerprint density at radius 1 is 1.04 bits per heavy atom. The molecule has 1 aromatic rings. The standard InChI is InChI=1S/C17H20N2O5/c1-10-14(18(21)22)3-13(4-15(10)19(23)24)16-5-11-2-12(6-16)8-17(20,7-11)9-16/h3-4,11-12,20H,2,5-9H2,1H3/t11-,12+,16?,17?. The van der Waals surface area contributed by atoms with Crippen molar-refractivity contribution in [3.8, 4) is 0 Å². The van der Waals surface area contributed by atoms with E-state index in [1.807, 2.05) is 0 Å². The summed E-state index contributed by atoms with van der Waals surface area (Å²) in [6.07, 6.45) is 4.97. The molecule has 0 heterocycles. The molecule has 4 aliphatic rings. The highest BCUT2D eigenvalue weighted by molar-refractivity contribution is 5.57. The fourth-order valence-electron chi connectivity index (χ4n) is 5.92. The fraction of sp³-hybridized carbons (Fsp3) is 0.647. The van der Waals surface area contributed by atoms with E-state index in [0.29, 0.717) is 23.8 Å². The summed E-state index contributed by atoms with van der Waals surface area (Å²) in [6, 6.07) is 3.03. The van der Waals surface area contributed by atoms with Gasteiger partial charge in [-0.15, -0.1) is 0 Å². The van der Waals surface area contributed by atoms with Crippen molar-refractivity contribution in [3.05, 3.63) is 43.5 Å². The number of rotatable bonds is 3. The summed E-state index contributed by atoms with van der Waals surface area (Å²) in [6.45, 7) is 1.42. The van der Waals surface area contributed by atoms with E-state index in [9.17, 15) is 25.3 Å². The number of benzene rings is 1. The summed E-state index contributed by atoms with van der Waals surface area (Å²) >= 11 is 0. The Morgan fingerprint density at radius 2 is 1.54 bits per heavy atom. The first-order chi connectivity index (χ1) is 11.2. The zero-order valence-electron chi connectivity index (χ0n) is 13.5. The fourth-order valence-corrected chi connectivity index (χ4v) is 5.92. The van der Waals surface area contributed by atoms with Crippen LogP contribution in [0.2, 0.25) is 0 Å². The van der Waals surface area contributed by atoms with Crippen LogP contribution in [0.5, 0.6) is 0 Å². The van der Waals surface area contributed by atoms with Crippen molar-refractivity contribution in [1.82, 2.24) is 0 Å². The lowest BCUT2D eigenvalue weighted by Crippen LogP contribution is -2.57. The van der Waals surface area contributed by atoms with Crippen molar-refractivity contribution in [1.29, 1.82) is 0 Å². The van der Waals surface area contributed by atoms with Gasteiger partial charge in [0, 0.05) is 12.1 Å². The molecule has 2 unspecified atom stereocenters. The van der Waals surface area contributed by atoms with Gasteiger partial charge in [0.15, 0.2) is 0 Å². The first-order valence-corrected chi connectivity index (χ1v) is 8.38. The lowest BCUT2D eigenvalue weighted by atomic mass is 9.46. The number of nitro groups is 2. The molecule has 0 spiro atoms. The predicted octanol–water partition coefficient (Wildman–Crippen LogP) is 3.39. The summed E-state index contributed by atoms with van der Waals surface area (Å²) in [5.74, 6) is 0.825. The van der Waals surface area contributed by atoms with Crippen LogP contribution in [-0.2, 0) is 5.41 Å². The Morgan fingerprint density at radius 3 is 1.96 bits per heavy atom. The van der Waals surface area contributed by atoms with Gasteiger partial charge in [-0.2, -0.15) is 0 Å². The number of hydrogen-bond acceptors (Lipinski definition) is 5. The summed E-state index contributed by atoms with van der Waals surface area (Å²) in [5, 5.41) is 33.6. The highest BCUT2D eigenvalue weighted by Gasteiger charge is 2.58. The maximum absolute atomic E-state index is 11.4. The molecule has 4 saturated carbocycles. The van der Waals surface area contributed by atoms with Gasteiger partial charge in [0.25, 0.3) is 11.4 Å². The van der Waals surface area contributed by atoms with E-state index in [1.54, 1.807) is 0 Å². The molecule has 4 atom stereocenters. The molecule has 7 nitrogen and oxygen atoms in total. The first-order valence-electron chi connectivity index (χ1n) is 8.38. The second-order valence-electron chi connectivity index (χ2n) is 8.12. The van der Waals surface area contributed by atoms with Crippen molar-refractivity contribution in [2.45, 2.75) is 56.5 Å². The van der Waals surface area contributed by atoms with Crippen LogP contribution in [0, 0.1) is 39.0 Å². The average Bonchev–Trinajstić information content (AvgIpc) is 2.43. The van der Waals surface area contributed by atoms with Crippen molar-refractivity contribution < 1.29 is 15.0 Å². The van der Waals surface area contributed by atoms with Gasteiger partial charge < -0.3 is 5.11 Å². The molecule has 0 aliphatic heterocycles. The maximum atomic E-state index is 11.4. The molecule has 24 heavy (non-hydrogen) atoms. The van der Waals surface area contributed by atoms with Gasteiger partial charge in [-0.3, -0.25) is 20.2 Å². The summed E-state index contributed by atoms with van der Waals surface area (Å²) in [7, 11) is 0. The average molecular weight is 332 g/mol. The third-order valence-corrected chi connectivity index (χ3v) is 6.39. The zero-order chi connectivity index (χ0) is 17.3. The van der Waals surface area contributed by atoms with E-state index in [4.69, 9.17) is 0 Å². The molecule has 0 aromatic heterocycles. The van der Waals surface area contributed by atoms with Crippen LogP contribution in [-0.4, -0.2) is 20.6 Å². The van der Waals surface area contributed by atoms with Crippen molar-refractivity contribution in [3.63, 3.8) is 0 Å². The highest BCUT2D eigenvalue weighted by atomic mass is 16.6. The summed E-state index contributed by atoms with van der Waals surface area (Å²) in [5.41, 5.74) is -0.694. The molecule has 128 valence electrons. The van der Waals surface area contributed by atoms with E-state index >= 15 is 0 Å². The van der Waals surface area contributed by atoms with E-state index < -0.39 is 15.4 Å². The molecule has 0 saturated heterocycles. The summed E-state index contributed by atoms with van der Waals surface area (Å²) in [4.78, 5) is 21.7.